The summed E-state index contributed by atoms with van der Waals surface area (Å²) in [6, 6.07) is 7.61. The molecule has 0 saturated carbocycles. The van der Waals surface area contributed by atoms with Crippen LogP contribution in [0.4, 0.5) is 0 Å². The van der Waals surface area contributed by atoms with Crippen LogP contribution in [0.5, 0.6) is 5.75 Å². The maximum Gasteiger partial charge on any atom is 0.248 e. The van der Waals surface area contributed by atoms with Gasteiger partial charge in [0.2, 0.25) is 10.0 Å². The fraction of sp³-hybridized carbons (Fsp3) is 0.400. The van der Waals surface area contributed by atoms with Crippen molar-refractivity contribution in [1.29, 1.82) is 0 Å². The molecule has 0 aliphatic carbocycles. The molecule has 0 atom stereocenters. The highest BCUT2D eigenvalue weighted by molar-refractivity contribution is 7.89. The van der Waals surface area contributed by atoms with Gasteiger partial charge in [-0.2, -0.15) is 4.31 Å². The lowest BCUT2D eigenvalue weighted by Crippen LogP contribution is -2.31. The molecule has 0 amide bonds. The summed E-state index contributed by atoms with van der Waals surface area (Å²) in [6.07, 6.45) is 0. The molecule has 1 heterocycles. The summed E-state index contributed by atoms with van der Waals surface area (Å²) >= 11 is 0. The first-order valence-electron chi connectivity index (χ1n) is 6.91. The summed E-state index contributed by atoms with van der Waals surface area (Å²) < 4.78 is 36.7. The molecule has 2 rings (SSSR count). The van der Waals surface area contributed by atoms with Crippen LogP contribution in [-0.2, 0) is 10.0 Å². The summed E-state index contributed by atoms with van der Waals surface area (Å²) in [6.45, 7) is 5.69. The van der Waals surface area contributed by atoms with E-state index in [0.29, 0.717) is 17.2 Å². The molecule has 0 spiro atoms. The first-order valence-corrected chi connectivity index (χ1v) is 8.35. The van der Waals surface area contributed by atoms with Crippen LogP contribution < -0.4 is 4.74 Å². The molecule has 2 aromatic rings. The van der Waals surface area contributed by atoms with Crippen LogP contribution in [0.15, 0.2) is 33.7 Å². The Kier molecular flexibility index (Phi) is 4.87. The van der Waals surface area contributed by atoms with Gasteiger partial charge in [-0.1, -0.05) is 22.9 Å². The van der Waals surface area contributed by atoms with Gasteiger partial charge in [0.05, 0.1) is 0 Å². The zero-order chi connectivity index (χ0) is 16.3. The quantitative estimate of drug-likeness (QED) is 0.815. The Balaban J connectivity index is 2.00. The second-order valence-corrected chi connectivity index (χ2v) is 7.12. The van der Waals surface area contributed by atoms with Crippen molar-refractivity contribution >= 4 is 10.0 Å². The summed E-state index contributed by atoms with van der Waals surface area (Å²) in [7, 11) is -2.11. The lowest BCUT2D eigenvalue weighted by atomic mass is 10.2. The molecular formula is C15H20N2O4S. The molecule has 0 saturated heterocycles. The molecule has 0 N–H and O–H groups in total. The van der Waals surface area contributed by atoms with Crippen LogP contribution in [0, 0.1) is 20.8 Å². The van der Waals surface area contributed by atoms with Crippen LogP contribution in [0.2, 0.25) is 0 Å². The number of ether oxygens (including phenoxy) is 1. The zero-order valence-corrected chi connectivity index (χ0v) is 14.0. The maximum absolute atomic E-state index is 12.5. The fourth-order valence-corrected chi connectivity index (χ4v) is 3.48. The fourth-order valence-electron chi connectivity index (χ4n) is 2.05. The van der Waals surface area contributed by atoms with Crippen molar-refractivity contribution in [2.75, 3.05) is 20.2 Å². The number of benzene rings is 1. The first-order chi connectivity index (χ1) is 10.3. The molecule has 6 nitrogen and oxygen atoms in total. The molecule has 0 fully saturated rings. The van der Waals surface area contributed by atoms with Gasteiger partial charge in [0, 0.05) is 13.6 Å². The molecule has 0 aliphatic heterocycles. The van der Waals surface area contributed by atoms with Gasteiger partial charge in [-0.25, -0.2) is 8.42 Å². The molecule has 1 aromatic carbocycles. The number of hydrogen-bond acceptors (Lipinski definition) is 5. The van der Waals surface area contributed by atoms with Crippen molar-refractivity contribution in [3.8, 4) is 5.75 Å². The minimum Gasteiger partial charge on any atom is -0.492 e. The van der Waals surface area contributed by atoms with Gasteiger partial charge in [0.25, 0.3) is 0 Å². The van der Waals surface area contributed by atoms with Crippen molar-refractivity contribution in [2.45, 2.75) is 25.7 Å². The normalized spacial score (nSPS) is 11.9. The number of likely N-dealkylation sites (N-methyl/N-ethyl adjacent to an activating group) is 1. The molecule has 0 radical (unpaired) electrons. The Morgan fingerprint density at radius 3 is 2.36 bits per heavy atom. The van der Waals surface area contributed by atoms with E-state index in [1.54, 1.807) is 13.8 Å². The van der Waals surface area contributed by atoms with Gasteiger partial charge in [-0.15, -0.1) is 0 Å². The Morgan fingerprint density at radius 1 is 1.18 bits per heavy atom. The second-order valence-electron chi connectivity index (χ2n) is 5.14. The van der Waals surface area contributed by atoms with Gasteiger partial charge in [-0.05, 0) is 32.9 Å². The van der Waals surface area contributed by atoms with Gasteiger partial charge in [0.1, 0.15) is 22.9 Å². The SMILES string of the molecule is Cc1ccc(OCCN(C)S(=O)(=O)c2c(C)noc2C)cc1. The summed E-state index contributed by atoms with van der Waals surface area (Å²) in [5.74, 6) is 1.01. The van der Waals surface area contributed by atoms with Gasteiger partial charge in [0.15, 0.2) is 5.76 Å². The zero-order valence-electron chi connectivity index (χ0n) is 13.2. The Hall–Kier alpha value is -1.86. The number of hydrogen-bond donors (Lipinski definition) is 0. The third-order valence-corrected chi connectivity index (χ3v) is 5.43. The third-order valence-electron chi connectivity index (χ3n) is 3.33. The van der Waals surface area contributed by atoms with E-state index in [1.165, 1.54) is 11.4 Å². The molecule has 22 heavy (non-hydrogen) atoms. The van der Waals surface area contributed by atoms with Crippen molar-refractivity contribution < 1.29 is 17.7 Å². The molecule has 0 unspecified atom stereocenters. The molecular weight excluding hydrogens is 304 g/mol. The summed E-state index contributed by atoms with van der Waals surface area (Å²) in [4.78, 5) is 0.130. The van der Waals surface area contributed by atoms with Crippen LogP contribution in [0.25, 0.3) is 0 Å². The van der Waals surface area contributed by atoms with E-state index in [2.05, 4.69) is 5.16 Å². The number of sulfonamides is 1. The largest absolute Gasteiger partial charge is 0.492 e. The van der Waals surface area contributed by atoms with Crippen LogP contribution in [-0.4, -0.2) is 38.1 Å². The molecule has 0 aliphatic rings. The van der Waals surface area contributed by atoms with E-state index in [9.17, 15) is 8.42 Å². The van der Waals surface area contributed by atoms with E-state index in [1.807, 2.05) is 31.2 Å². The summed E-state index contributed by atoms with van der Waals surface area (Å²) in [5, 5.41) is 3.69. The van der Waals surface area contributed by atoms with Crippen molar-refractivity contribution in [1.82, 2.24) is 9.46 Å². The maximum atomic E-state index is 12.5. The predicted molar refractivity (Wildman–Crippen MR) is 82.5 cm³/mol. The van der Waals surface area contributed by atoms with Crippen LogP contribution in [0.3, 0.4) is 0 Å². The second kappa shape index (κ2) is 6.50. The monoisotopic (exact) mass is 324 g/mol. The highest BCUT2D eigenvalue weighted by Crippen LogP contribution is 2.22. The topological polar surface area (TPSA) is 72.6 Å². The van der Waals surface area contributed by atoms with E-state index in [4.69, 9.17) is 9.26 Å². The van der Waals surface area contributed by atoms with Gasteiger partial charge < -0.3 is 9.26 Å². The van der Waals surface area contributed by atoms with E-state index >= 15 is 0 Å². The van der Waals surface area contributed by atoms with Gasteiger partial charge in [-0.3, -0.25) is 0 Å². The number of rotatable bonds is 6. The minimum atomic E-state index is -3.62. The Morgan fingerprint density at radius 2 is 1.82 bits per heavy atom. The van der Waals surface area contributed by atoms with Crippen molar-refractivity contribution in [2.24, 2.45) is 0 Å². The molecule has 0 bridgehead atoms. The van der Waals surface area contributed by atoms with E-state index in [0.717, 1.165) is 5.56 Å². The molecule has 7 heteroatoms. The van der Waals surface area contributed by atoms with Crippen molar-refractivity contribution in [3.63, 3.8) is 0 Å². The average Bonchev–Trinajstić information content (AvgIpc) is 2.80. The van der Waals surface area contributed by atoms with E-state index < -0.39 is 10.0 Å². The highest BCUT2D eigenvalue weighted by atomic mass is 32.2. The standard InChI is InChI=1S/C15H20N2O4S/c1-11-5-7-14(8-6-11)20-10-9-17(4)22(18,19)15-12(2)16-21-13(15)3/h5-8H,9-10H2,1-4H3. The van der Waals surface area contributed by atoms with Crippen LogP contribution in [0.1, 0.15) is 17.0 Å². The van der Waals surface area contributed by atoms with Crippen LogP contribution >= 0.6 is 0 Å². The third kappa shape index (κ3) is 3.48. The van der Waals surface area contributed by atoms with Crippen molar-refractivity contribution in [3.05, 3.63) is 41.3 Å². The Labute approximate surface area is 130 Å². The lowest BCUT2D eigenvalue weighted by molar-refractivity contribution is 0.286. The smallest absolute Gasteiger partial charge is 0.248 e. The van der Waals surface area contributed by atoms with Gasteiger partial charge >= 0.3 is 0 Å². The highest BCUT2D eigenvalue weighted by Gasteiger charge is 2.28. The number of nitrogens with zero attached hydrogens (tertiary/aromatic N) is 2. The Bertz CT molecular complexity index is 716. The summed E-state index contributed by atoms with van der Waals surface area (Å²) in [5.41, 5.74) is 1.51. The average molecular weight is 324 g/mol. The minimum absolute atomic E-state index is 0.130. The number of aromatic nitrogens is 1. The molecule has 1 aromatic heterocycles. The lowest BCUT2D eigenvalue weighted by Gasteiger charge is -2.17. The van der Waals surface area contributed by atoms with E-state index in [-0.39, 0.29) is 18.0 Å². The number of aryl methyl sites for hydroxylation is 3. The first kappa shape index (κ1) is 16.5. The molecule has 120 valence electrons. The predicted octanol–water partition coefficient (Wildman–Crippen LogP) is 2.30.